The Kier molecular flexibility index (Phi) is 7.78. The molecule has 0 aliphatic rings. The minimum absolute atomic E-state index is 0.355. The smallest absolute Gasteiger partial charge is 0.0229 e. The second-order valence-corrected chi connectivity index (χ2v) is 4.87. The molecule has 1 nitrogen and oxygen atoms in total. The van der Waals surface area contributed by atoms with Crippen LogP contribution in [-0.4, -0.2) is 19.0 Å². The Labute approximate surface area is 88.2 Å². The normalized spacial score (nSPS) is 12.0. The molecule has 0 atom stereocenters. The molecule has 80 valence electrons. The fourth-order valence-corrected chi connectivity index (χ4v) is 1.78. The van der Waals surface area contributed by atoms with Crippen LogP contribution in [0.2, 0.25) is 0 Å². The molecule has 0 saturated carbocycles. The van der Waals surface area contributed by atoms with E-state index in [2.05, 4.69) is 26.1 Å². The highest BCUT2D eigenvalue weighted by atomic mass is 35.5. The molecule has 0 unspecified atom stereocenters. The molecular formula is C11H24ClN. The van der Waals surface area contributed by atoms with Crippen LogP contribution in [0.15, 0.2) is 0 Å². The van der Waals surface area contributed by atoms with Crippen molar-refractivity contribution in [2.24, 2.45) is 5.41 Å². The second-order valence-electron chi connectivity index (χ2n) is 4.49. The van der Waals surface area contributed by atoms with E-state index < -0.39 is 0 Å². The maximum atomic E-state index is 5.72. The predicted octanol–water partition coefficient (Wildman–Crippen LogP) is 3.42. The summed E-state index contributed by atoms with van der Waals surface area (Å²) in [5.74, 6) is 0.768. The summed E-state index contributed by atoms with van der Waals surface area (Å²) < 4.78 is 0. The summed E-state index contributed by atoms with van der Waals surface area (Å²) in [6, 6.07) is 0. The summed E-state index contributed by atoms with van der Waals surface area (Å²) in [6.07, 6.45) is 5.03. The van der Waals surface area contributed by atoms with Gasteiger partial charge < -0.3 is 5.32 Å². The maximum absolute atomic E-state index is 5.72. The van der Waals surface area contributed by atoms with Crippen LogP contribution >= 0.6 is 11.6 Å². The fourth-order valence-electron chi connectivity index (χ4n) is 1.27. The lowest BCUT2D eigenvalue weighted by atomic mass is 9.90. The molecule has 0 saturated heterocycles. The van der Waals surface area contributed by atoms with Crippen LogP contribution in [0.4, 0.5) is 0 Å². The van der Waals surface area contributed by atoms with Gasteiger partial charge in [0.05, 0.1) is 0 Å². The van der Waals surface area contributed by atoms with Gasteiger partial charge >= 0.3 is 0 Å². The zero-order valence-electron chi connectivity index (χ0n) is 9.33. The summed E-state index contributed by atoms with van der Waals surface area (Å²) in [5, 5.41) is 3.49. The van der Waals surface area contributed by atoms with Crippen molar-refractivity contribution in [2.75, 3.05) is 19.0 Å². The maximum Gasteiger partial charge on any atom is 0.0229 e. The zero-order chi connectivity index (χ0) is 10.2. The molecule has 0 aliphatic carbocycles. The number of alkyl halides is 1. The van der Waals surface area contributed by atoms with E-state index in [-0.39, 0.29) is 0 Å². The van der Waals surface area contributed by atoms with Gasteiger partial charge in [0.2, 0.25) is 0 Å². The Morgan fingerprint density at radius 3 is 2.46 bits per heavy atom. The molecule has 0 rings (SSSR count). The molecular weight excluding hydrogens is 182 g/mol. The van der Waals surface area contributed by atoms with Gasteiger partial charge in [-0.2, -0.15) is 0 Å². The van der Waals surface area contributed by atoms with E-state index >= 15 is 0 Å². The van der Waals surface area contributed by atoms with Gasteiger partial charge in [-0.15, -0.1) is 11.6 Å². The molecule has 0 fully saturated rings. The fraction of sp³-hybridized carbons (Fsp3) is 1.00. The van der Waals surface area contributed by atoms with Crippen LogP contribution in [0.3, 0.4) is 0 Å². The number of nitrogens with one attached hydrogen (secondary N) is 1. The highest BCUT2D eigenvalue weighted by Crippen LogP contribution is 2.19. The molecule has 0 spiro atoms. The zero-order valence-corrected chi connectivity index (χ0v) is 10.1. The molecule has 0 bridgehead atoms. The quantitative estimate of drug-likeness (QED) is 0.473. The third kappa shape index (κ3) is 8.58. The number of rotatable bonds is 8. The highest BCUT2D eigenvalue weighted by molar-refractivity contribution is 6.17. The Bertz CT molecular complexity index is 113. The van der Waals surface area contributed by atoms with Crippen LogP contribution in [0.5, 0.6) is 0 Å². The Morgan fingerprint density at radius 2 is 1.92 bits per heavy atom. The van der Waals surface area contributed by atoms with Crippen molar-refractivity contribution in [3.05, 3.63) is 0 Å². The van der Waals surface area contributed by atoms with Gasteiger partial charge in [0.15, 0.2) is 0 Å². The van der Waals surface area contributed by atoms with E-state index in [0.29, 0.717) is 5.41 Å². The first-order chi connectivity index (χ1) is 6.12. The first-order valence-corrected chi connectivity index (χ1v) is 5.92. The number of unbranched alkanes of at least 4 members (excludes halogenated alkanes) is 2. The average molecular weight is 206 g/mol. The van der Waals surface area contributed by atoms with Crippen molar-refractivity contribution in [3.8, 4) is 0 Å². The third-order valence-electron chi connectivity index (χ3n) is 2.33. The molecule has 1 N–H and O–H groups in total. The molecule has 0 aliphatic heterocycles. The van der Waals surface area contributed by atoms with Crippen molar-refractivity contribution in [3.63, 3.8) is 0 Å². The minimum Gasteiger partial charge on any atom is -0.316 e. The summed E-state index contributed by atoms with van der Waals surface area (Å²) in [7, 11) is 0. The topological polar surface area (TPSA) is 12.0 Å². The third-order valence-corrected chi connectivity index (χ3v) is 2.52. The van der Waals surface area contributed by atoms with Crippen molar-refractivity contribution in [1.82, 2.24) is 5.32 Å². The lowest BCUT2D eigenvalue weighted by Gasteiger charge is -2.23. The van der Waals surface area contributed by atoms with Gasteiger partial charge in [0.1, 0.15) is 0 Å². The molecule has 0 aromatic rings. The van der Waals surface area contributed by atoms with Gasteiger partial charge in [-0.25, -0.2) is 0 Å². The van der Waals surface area contributed by atoms with Crippen LogP contribution in [0.25, 0.3) is 0 Å². The molecule has 13 heavy (non-hydrogen) atoms. The number of hydrogen-bond donors (Lipinski definition) is 1. The molecule has 2 heteroatoms. The van der Waals surface area contributed by atoms with Crippen molar-refractivity contribution < 1.29 is 0 Å². The minimum atomic E-state index is 0.355. The van der Waals surface area contributed by atoms with Gasteiger partial charge in [-0.05, 0) is 24.8 Å². The monoisotopic (exact) mass is 205 g/mol. The lowest BCUT2D eigenvalue weighted by molar-refractivity contribution is 0.329. The summed E-state index contributed by atoms with van der Waals surface area (Å²) in [5.41, 5.74) is 0.355. The molecule has 0 amide bonds. The Balaban J connectivity index is 3.29. The van der Waals surface area contributed by atoms with E-state index in [9.17, 15) is 0 Å². The highest BCUT2D eigenvalue weighted by Gasteiger charge is 2.15. The van der Waals surface area contributed by atoms with Crippen molar-refractivity contribution in [2.45, 2.75) is 46.5 Å². The van der Waals surface area contributed by atoms with E-state index in [1.165, 1.54) is 19.3 Å². The molecule has 0 aromatic carbocycles. The van der Waals surface area contributed by atoms with E-state index in [0.717, 1.165) is 25.4 Å². The van der Waals surface area contributed by atoms with Crippen LogP contribution in [0, 0.1) is 5.41 Å². The molecule has 0 radical (unpaired) electrons. The predicted molar refractivity (Wildman–Crippen MR) is 61.5 cm³/mol. The van der Waals surface area contributed by atoms with E-state index in [1.807, 2.05) is 0 Å². The van der Waals surface area contributed by atoms with E-state index in [1.54, 1.807) is 0 Å². The summed E-state index contributed by atoms with van der Waals surface area (Å²) in [4.78, 5) is 0. The summed E-state index contributed by atoms with van der Waals surface area (Å²) in [6.45, 7) is 9.00. The van der Waals surface area contributed by atoms with Gasteiger partial charge in [0, 0.05) is 12.4 Å². The molecule has 0 heterocycles. The van der Waals surface area contributed by atoms with Crippen molar-refractivity contribution >= 4 is 11.6 Å². The van der Waals surface area contributed by atoms with E-state index in [4.69, 9.17) is 11.6 Å². The van der Waals surface area contributed by atoms with Gasteiger partial charge in [0.25, 0.3) is 0 Å². The van der Waals surface area contributed by atoms with Crippen LogP contribution in [0.1, 0.15) is 46.5 Å². The SMILES string of the molecule is CCCCCNCC(C)(C)CCCl. The van der Waals surface area contributed by atoms with Crippen LogP contribution < -0.4 is 5.32 Å². The molecule has 0 aromatic heterocycles. The first-order valence-electron chi connectivity index (χ1n) is 5.39. The number of hydrogen-bond acceptors (Lipinski definition) is 1. The van der Waals surface area contributed by atoms with Gasteiger partial charge in [-0.3, -0.25) is 0 Å². The van der Waals surface area contributed by atoms with Crippen molar-refractivity contribution in [1.29, 1.82) is 0 Å². The number of halogens is 1. The van der Waals surface area contributed by atoms with Gasteiger partial charge in [-0.1, -0.05) is 33.6 Å². The largest absolute Gasteiger partial charge is 0.316 e. The Hall–Kier alpha value is 0.250. The first kappa shape index (κ1) is 13.2. The summed E-state index contributed by atoms with van der Waals surface area (Å²) >= 11 is 5.72. The average Bonchev–Trinajstić information content (AvgIpc) is 2.04. The lowest BCUT2D eigenvalue weighted by Crippen LogP contribution is -2.30. The second kappa shape index (κ2) is 7.64. The standard InChI is InChI=1S/C11H24ClN/c1-4-5-6-9-13-10-11(2,3)7-8-12/h13H,4-10H2,1-3H3. The Morgan fingerprint density at radius 1 is 1.23 bits per heavy atom. The van der Waals surface area contributed by atoms with Crippen LogP contribution in [-0.2, 0) is 0 Å².